The number of carbonyl (C=O) groups excluding carboxylic acids is 1. The third-order valence-corrected chi connectivity index (χ3v) is 7.26. The number of nitrogens with two attached hydrogens (primary N) is 1. The van der Waals surface area contributed by atoms with Gasteiger partial charge in [0.2, 0.25) is 5.60 Å². The quantitative estimate of drug-likeness (QED) is 0.375. The molecule has 2 aliphatic rings. The van der Waals surface area contributed by atoms with Crippen LogP contribution in [0.2, 0.25) is 0 Å². The van der Waals surface area contributed by atoms with Crippen molar-refractivity contribution in [1.29, 1.82) is 0 Å². The van der Waals surface area contributed by atoms with Gasteiger partial charge in [-0.25, -0.2) is 4.98 Å². The van der Waals surface area contributed by atoms with Crippen LogP contribution in [0, 0.1) is 0 Å². The highest BCUT2D eigenvalue weighted by Gasteiger charge is 2.58. The molecule has 0 unspecified atom stereocenters. The predicted molar refractivity (Wildman–Crippen MR) is 135 cm³/mol. The van der Waals surface area contributed by atoms with E-state index in [1.165, 1.54) is 0 Å². The molecular formula is C27H27F6N5O4. The van der Waals surface area contributed by atoms with Crippen LogP contribution in [-0.4, -0.2) is 49.4 Å². The number of aliphatic hydroxyl groups is 1. The summed E-state index contributed by atoms with van der Waals surface area (Å²) in [5, 5.41) is 17.3. The van der Waals surface area contributed by atoms with Gasteiger partial charge in [-0.15, -0.1) is 10.2 Å². The van der Waals surface area contributed by atoms with Crippen molar-refractivity contribution in [3.8, 4) is 17.3 Å². The number of rotatable bonds is 2. The second kappa shape index (κ2) is 10.1. The van der Waals surface area contributed by atoms with Crippen LogP contribution >= 0.6 is 0 Å². The van der Waals surface area contributed by atoms with Gasteiger partial charge in [0.1, 0.15) is 17.0 Å². The Morgan fingerprint density at radius 2 is 1.79 bits per heavy atom. The lowest BCUT2D eigenvalue weighted by Crippen LogP contribution is -2.42. The van der Waals surface area contributed by atoms with E-state index in [-0.39, 0.29) is 32.4 Å². The summed E-state index contributed by atoms with van der Waals surface area (Å²) in [4.78, 5) is 18.7. The van der Waals surface area contributed by atoms with Crippen molar-refractivity contribution in [2.75, 3.05) is 12.3 Å². The average molecular weight is 600 g/mol. The van der Waals surface area contributed by atoms with E-state index in [4.69, 9.17) is 14.9 Å². The molecular weight excluding hydrogens is 572 g/mol. The number of halogens is 6. The molecule has 226 valence electrons. The summed E-state index contributed by atoms with van der Waals surface area (Å²) < 4.78 is 95.1. The third-order valence-electron chi connectivity index (χ3n) is 7.26. The van der Waals surface area contributed by atoms with Gasteiger partial charge in [-0.2, -0.15) is 26.3 Å². The molecule has 0 fully saturated rings. The maximum Gasteiger partial charge on any atom is 0.426 e. The van der Waals surface area contributed by atoms with Crippen molar-refractivity contribution in [3.63, 3.8) is 0 Å². The molecule has 1 aromatic carbocycles. The molecule has 0 saturated heterocycles. The Labute approximate surface area is 235 Å². The molecule has 3 aromatic rings. The Balaban J connectivity index is 1.60. The molecule has 0 saturated carbocycles. The van der Waals surface area contributed by atoms with Gasteiger partial charge in [0, 0.05) is 19.5 Å². The fourth-order valence-electron chi connectivity index (χ4n) is 5.18. The van der Waals surface area contributed by atoms with Crippen molar-refractivity contribution < 1.29 is 45.4 Å². The topological polar surface area (TPSA) is 128 Å². The minimum Gasteiger partial charge on any atom is -0.487 e. The van der Waals surface area contributed by atoms with Crippen molar-refractivity contribution in [2.24, 2.45) is 0 Å². The van der Waals surface area contributed by atoms with Crippen molar-refractivity contribution in [3.05, 3.63) is 52.5 Å². The second-order valence-corrected chi connectivity index (χ2v) is 11.1. The summed E-state index contributed by atoms with van der Waals surface area (Å²) in [5.41, 5.74) is -0.427. The van der Waals surface area contributed by atoms with Gasteiger partial charge in [0.15, 0.2) is 5.69 Å². The normalized spacial score (nSPS) is 21.1. The van der Waals surface area contributed by atoms with E-state index >= 15 is 0 Å². The number of ether oxygens (including phenoxy) is 1. The van der Waals surface area contributed by atoms with E-state index in [2.05, 4.69) is 15.2 Å². The van der Waals surface area contributed by atoms with E-state index in [1.807, 2.05) is 13.8 Å². The van der Waals surface area contributed by atoms with E-state index < -0.39 is 70.3 Å². The lowest BCUT2D eigenvalue weighted by molar-refractivity contribution is -0.277. The molecule has 1 amide bonds. The monoisotopic (exact) mass is 599 g/mol. The molecule has 0 spiro atoms. The number of benzene rings is 1. The molecule has 42 heavy (non-hydrogen) atoms. The fourth-order valence-corrected chi connectivity index (χ4v) is 5.18. The molecule has 1 atom stereocenters. The predicted octanol–water partition coefficient (Wildman–Crippen LogP) is 5.41. The minimum absolute atomic E-state index is 0.0978. The molecule has 15 heteroatoms. The van der Waals surface area contributed by atoms with Crippen molar-refractivity contribution in [2.45, 2.75) is 76.1 Å². The number of fused-ring (bicyclic) bond motifs is 6. The number of amides is 1. The van der Waals surface area contributed by atoms with Gasteiger partial charge in [0.25, 0.3) is 17.7 Å². The first-order chi connectivity index (χ1) is 19.5. The molecule has 4 bridgehead atoms. The average Bonchev–Trinajstić information content (AvgIpc) is 3.48. The van der Waals surface area contributed by atoms with Crippen LogP contribution in [0.4, 0.5) is 32.0 Å². The number of pyridine rings is 1. The summed E-state index contributed by atoms with van der Waals surface area (Å²) in [6.45, 7) is 3.61. The maximum absolute atomic E-state index is 14.1. The van der Waals surface area contributed by atoms with Gasteiger partial charge in [-0.3, -0.25) is 4.79 Å². The van der Waals surface area contributed by atoms with E-state index in [0.29, 0.717) is 23.8 Å². The molecule has 2 aliphatic heterocycles. The van der Waals surface area contributed by atoms with Crippen LogP contribution in [0.1, 0.15) is 72.6 Å². The first-order valence-corrected chi connectivity index (χ1v) is 13.1. The lowest BCUT2D eigenvalue weighted by Gasteiger charge is -2.28. The Kier molecular flexibility index (Phi) is 7.15. The number of carbonyl (C=O) groups is 1. The van der Waals surface area contributed by atoms with Gasteiger partial charge in [-0.1, -0.05) is 18.6 Å². The summed E-state index contributed by atoms with van der Waals surface area (Å²) in [6, 6.07) is 5.67. The van der Waals surface area contributed by atoms with Crippen LogP contribution in [0.25, 0.3) is 11.6 Å². The van der Waals surface area contributed by atoms with Gasteiger partial charge < -0.3 is 24.9 Å². The Morgan fingerprint density at radius 3 is 2.48 bits per heavy atom. The smallest absolute Gasteiger partial charge is 0.426 e. The zero-order chi connectivity index (χ0) is 30.7. The largest absolute Gasteiger partial charge is 0.487 e. The zero-order valence-electron chi connectivity index (χ0n) is 22.6. The van der Waals surface area contributed by atoms with Crippen LogP contribution in [0.5, 0.6) is 5.75 Å². The van der Waals surface area contributed by atoms with Crippen LogP contribution < -0.4 is 10.5 Å². The van der Waals surface area contributed by atoms with E-state index in [1.54, 1.807) is 18.2 Å². The van der Waals surface area contributed by atoms with Gasteiger partial charge in [0.05, 0.1) is 11.3 Å². The Hall–Kier alpha value is -3.88. The third kappa shape index (κ3) is 5.49. The minimum atomic E-state index is -5.20. The maximum atomic E-state index is 14.1. The number of hydrogen-bond acceptors (Lipinski definition) is 8. The lowest BCUT2D eigenvalue weighted by atomic mass is 9.95. The Bertz CT molecular complexity index is 1520. The van der Waals surface area contributed by atoms with Crippen molar-refractivity contribution >= 4 is 11.6 Å². The zero-order valence-corrected chi connectivity index (χ0v) is 22.6. The molecule has 0 radical (unpaired) electrons. The summed E-state index contributed by atoms with van der Waals surface area (Å²) >= 11 is 0. The highest BCUT2D eigenvalue weighted by atomic mass is 19.4. The molecule has 0 aliphatic carbocycles. The second-order valence-electron chi connectivity index (χ2n) is 11.1. The first kappa shape index (κ1) is 29.6. The standard InChI is InChI=1S/C27H27F6N5O4/c1-24(2)12-15-10-14(6-7-18(15)42-24)13-38-9-5-3-4-8-25(40,27(31,32)33)23-37-36-21(41-23)20-17(34)11-16(26(28,29)30)19(35-20)22(38)39/h6-7,10-11,40H,3-5,8-9,12-13,34H2,1-2H3/t25-/m1/s1. The highest BCUT2D eigenvalue weighted by molar-refractivity contribution is 5.95. The first-order valence-electron chi connectivity index (χ1n) is 13.1. The summed E-state index contributed by atoms with van der Waals surface area (Å²) in [5.74, 6) is -2.39. The summed E-state index contributed by atoms with van der Waals surface area (Å²) in [7, 11) is 0. The van der Waals surface area contributed by atoms with E-state index in [9.17, 15) is 36.2 Å². The number of aromatic nitrogens is 3. The molecule has 2 aromatic heterocycles. The number of nitrogens with zero attached hydrogens (tertiary/aromatic N) is 4. The Morgan fingerprint density at radius 1 is 1.05 bits per heavy atom. The van der Waals surface area contributed by atoms with Crippen LogP contribution in [0.15, 0.2) is 28.7 Å². The molecule has 9 nitrogen and oxygen atoms in total. The molecule has 3 N–H and O–H groups in total. The number of alkyl halides is 6. The van der Waals surface area contributed by atoms with Gasteiger partial charge in [-0.05, 0) is 56.4 Å². The van der Waals surface area contributed by atoms with Gasteiger partial charge >= 0.3 is 12.4 Å². The van der Waals surface area contributed by atoms with Crippen molar-refractivity contribution in [1.82, 2.24) is 20.1 Å². The van der Waals surface area contributed by atoms with E-state index in [0.717, 1.165) is 10.5 Å². The summed E-state index contributed by atoms with van der Waals surface area (Å²) in [6.07, 6.45) is -10.4. The highest BCUT2D eigenvalue weighted by Crippen LogP contribution is 2.44. The number of nitrogen functional groups attached to an aromatic ring is 1. The molecule has 5 rings (SSSR count). The number of hydrogen-bond donors (Lipinski definition) is 2. The SMILES string of the molecule is CC1(C)Cc2cc(CN3CCCCC[C@](O)(C(F)(F)F)c4nnc(o4)-c4nc(c(C(F)(F)F)cc4N)C3=O)ccc2O1. The number of anilines is 1. The van der Waals surface area contributed by atoms with Crippen LogP contribution in [-0.2, 0) is 24.7 Å². The van der Waals surface area contributed by atoms with Crippen LogP contribution in [0.3, 0.4) is 0 Å². The molecule has 4 heterocycles. The fraction of sp³-hybridized carbons (Fsp3) is 0.481.